The third-order valence-electron chi connectivity index (χ3n) is 5.39. The monoisotopic (exact) mass is 397 g/mol. The van der Waals surface area contributed by atoms with Crippen LogP contribution in [0.3, 0.4) is 0 Å². The SMILES string of the molecule is CCN1c2cc(OC)c(/C=N\Nc3ccc([N+](=O)[O-])cn3)cc2C(C)CC1(C)C. The highest BCUT2D eigenvalue weighted by molar-refractivity contribution is 5.86. The maximum Gasteiger partial charge on any atom is 0.287 e. The number of nitrogens with one attached hydrogen (secondary N) is 1. The highest BCUT2D eigenvalue weighted by Crippen LogP contribution is 2.45. The maximum atomic E-state index is 10.7. The minimum atomic E-state index is -0.486. The molecule has 1 N–H and O–H groups in total. The molecule has 3 rings (SSSR count). The number of aromatic nitrogens is 1. The molecule has 2 aromatic rings. The van der Waals surface area contributed by atoms with E-state index >= 15 is 0 Å². The summed E-state index contributed by atoms with van der Waals surface area (Å²) in [6.45, 7) is 9.90. The normalized spacial score (nSPS) is 17.8. The van der Waals surface area contributed by atoms with Gasteiger partial charge in [0.15, 0.2) is 0 Å². The van der Waals surface area contributed by atoms with E-state index in [0.29, 0.717) is 11.7 Å². The molecule has 0 saturated carbocycles. The molecular weight excluding hydrogens is 370 g/mol. The molecule has 1 atom stereocenters. The fraction of sp³-hybridized carbons (Fsp3) is 0.429. The van der Waals surface area contributed by atoms with E-state index in [1.807, 2.05) is 0 Å². The summed E-state index contributed by atoms with van der Waals surface area (Å²) in [4.78, 5) is 16.6. The molecule has 1 aromatic carbocycles. The summed E-state index contributed by atoms with van der Waals surface area (Å²) in [5.41, 5.74) is 6.18. The van der Waals surface area contributed by atoms with E-state index in [-0.39, 0.29) is 11.2 Å². The van der Waals surface area contributed by atoms with E-state index in [9.17, 15) is 10.1 Å². The van der Waals surface area contributed by atoms with Gasteiger partial charge in [-0.05, 0) is 50.8 Å². The second-order valence-electron chi connectivity index (χ2n) is 7.84. The molecule has 1 aliphatic heterocycles. The molecule has 8 nitrogen and oxygen atoms in total. The van der Waals surface area contributed by atoms with E-state index in [1.165, 1.54) is 29.6 Å². The summed E-state index contributed by atoms with van der Waals surface area (Å²) in [5, 5.41) is 14.9. The van der Waals surface area contributed by atoms with Gasteiger partial charge in [0.1, 0.15) is 17.8 Å². The third kappa shape index (κ3) is 4.16. The lowest BCUT2D eigenvalue weighted by molar-refractivity contribution is -0.385. The summed E-state index contributed by atoms with van der Waals surface area (Å²) in [6.07, 6.45) is 3.95. The first-order valence-electron chi connectivity index (χ1n) is 9.66. The quantitative estimate of drug-likeness (QED) is 0.436. The zero-order valence-corrected chi connectivity index (χ0v) is 17.5. The third-order valence-corrected chi connectivity index (χ3v) is 5.39. The van der Waals surface area contributed by atoms with Crippen LogP contribution in [0.25, 0.3) is 0 Å². The zero-order valence-electron chi connectivity index (χ0n) is 17.5. The Kier molecular flexibility index (Phi) is 5.72. The van der Waals surface area contributed by atoms with Crippen LogP contribution in [-0.2, 0) is 0 Å². The van der Waals surface area contributed by atoms with Crippen LogP contribution < -0.4 is 15.1 Å². The lowest BCUT2D eigenvalue weighted by Crippen LogP contribution is -2.48. The Morgan fingerprint density at radius 2 is 2.21 bits per heavy atom. The van der Waals surface area contributed by atoms with Crippen LogP contribution in [-0.4, -0.2) is 35.3 Å². The average Bonchev–Trinajstić information content (AvgIpc) is 2.68. The highest BCUT2D eigenvalue weighted by atomic mass is 16.6. The van der Waals surface area contributed by atoms with Gasteiger partial charge in [0.05, 0.1) is 18.2 Å². The minimum absolute atomic E-state index is 0.0618. The summed E-state index contributed by atoms with van der Waals surface area (Å²) in [6, 6.07) is 7.11. The molecule has 0 bridgehead atoms. The fourth-order valence-corrected chi connectivity index (χ4v) is 4.13. The first-order valence-corrected chi connectivity index (χ1v) is 9.66. The Morgan fingerprint density at radius 1 is 1.45 bits per heavy atom. The Hall–Kier alpha value is -3.16. The van der Waals surface area contributed by atoms with E-state index in [0.717, 1.165) is 24.3 Å². The number of methoxy groups -OCH3 is 1. The average molecular weight is 397 g/mol. The van der Waals surface area contributed by atoms with Crippen molar-refractivity contribution >= 4 is 23.4 Å². The summed E-state index contributed by atoms with van der Waals surface area (Å²) >= 11 is 0. The van der Waals surface area contributed by atoms with E-state index in [4.69, 9.17) is 4.74 Å². The number of nitrogens with zero attached hydrogens (tertiary/aromatic N) is 4. The molecule has 1 unspecified atom stereocenters. The van der Waals surface area contributed by atoms with Crippen molar-refractivity contribution in [2.75, 3.05) is 24.0 Å². The first kappa shape index (κ1) is 20.6. The largest absolute Gasteiger partial charge is 0.496 e. The molecule has 154 valence electrons. The number of pyridine rings is 1. The number of fused-ring (bicyclic) bond motifs is 1. The standard InChI is InChI=1S/C21H27N5O3/c1-6-25-18-10-19(29-5)15(9-17(18)14(2)11-21(25,3)4)12-23-24-20-8-7-16(13-22-20)26(27)28/h7-10,12-14H,6,11H2,1-5H3,(H,22,24)/b23-12-. The van der Waals surface area contributed by atoms with Gasteiger partial charge in [0, 0.05) is 35.5 Å². The zero-order chi connectivity index (χ0) is 21.2. The molecule has 29 heavy (non-hydrogen) atoms. The van der Waals surface area contributed by atoms with Crippen molar-refractivity contribution in [3.63, 3.8) is 0 Å². The van der Waals surface area contributed by atoms with Crippen molar-refractivity contribution in [2.45, 2.75) is 45.6 Å². The van der Waals surface area contributed by atoms with Gasteiger partial charge in [-0.15, -0.1) is 0 Å². The van der Waals surface area contributed by atoms with Crippen LogP contribution >= 0.6 is 0 Å². The van der Waals surface area contributed by atoms with Gasteiger partial charge < -0.3 is 9.64 Å². The molecule has 2 heterocycles. The number of nitro groups is 1. The smallest absolute Gasteiger partial charge is 0.287 e. The lowest BCUT2D eigenvalue weighted by atomic mass is 9.79. The van der Waals surface area contributed by atoms with Gasteiger partial charge in [-0.25, -0.2) is 4.98 Å². The summed E-state index contributed by atoms with van der Waals surface area (Å²) in [7, 11) is 1.65. The van der Waals surface area contributed by atoms with Crippen molar-refractivity contribution in [1.29, 1.82) is 0 Å². The molecule has 1 aromatic heterocycles. The molecular formula is C21H27N5O3. The Bertz CT molecular complexity index is 925. The van der Waals surface area contributed by atoms with Gasteiger partial charge in [0.2, 0.25) is 0 Å². The minimum Gasteiger partial charge on any atom is -0.496 e. The molecule has 0 saturated heterocycles. The van der Waals surface area contributed by atoms with Crippen LogP contribution in [0, 0.1) is 10.1 Å². The second kappa shape index (κ2) is 8.06. The number of rotatable bonds is 6. The Balaban J connectivity index is 1.87. The lowest BCUT2D eigenvalue weighted by Gasteiger charge is -2.47. The topological polar surface area (TPSA) is 92.9 Å². The number of hydrogen-bond donors (Lipinski definition) is 1. The van der Waals surface area contributed by atoms with Gasteiger partial charge in [-0.2, -0.15) is 5.10 Å². The van der Waals surface area contributed by atoms with Crippen LogP contribution in [0.15, 0.2) is 35.6 Å². The van der Waals surface area contributed by atoms with Crippen LogP contribution in [0.2, 0.25) is 0 Å². The Labute approximate surface area is 170 Å². The number of ether oxygens (including phenoxy) is 1. The molecule has 1 aliphatic rings. The van der Waals surface area contributed by atoms with Crippen LogP contribution in [0.5, 0.6) is 5.75 Å². The van der Waals surface area contributed by atoms with Crippen molar-refractivity contribution in [3.8, 4) is 5.75 Å². The molecule has 0 amide bonds. The highest BCUT2D eigenvalue weighted by Gasteiger charge is 2.36. The van der Waals surface area contributed by atoms with Crippen molar-refractivity contribution in [3.05, 3.63) is 51.7 Å². The maximum absolute atomic E-state index is 10.7. The molecule has 0 radical (unpaired) electrons. The van der Waals surface area contributed by atoms with E-state index in [2.05, 4.69) is 60.2 Å². The number of hydrazone groups is 1. The molecule has 0 spiro atoms. The summed E-state index contributed by atoms with van der Waals surface area (Å²) in [5.74, 6) is 1.59. The second-order valence-corrected chi connectivity index (χ2v) is 7.84. The van der Waals surface area contributed by atoms with Crippen molar-refractivity contribution in [1.82, 2.24) is 4.98 Å². The first-order chi connectivity index (χ1) is 13.8. The predicted molar refractivity (Wildman–Crippen MR) is 115 cm³/mol. The van der Waals surface area contributed by atoms with Crippen molar-refractivity contribution < 1.29 is 9.66 Å². The number of hydrogen-bond acceptors (Lipinski definition) is 7. The van der Waals surface area contributed by atoms with Crippen LogP contribution in [0.4, 0.5) is 17.2 Å². The molecule has 0 fully saturated rings. The summed E-state index contributed by atoms with van der Waals surface area (Å²) < 4.78 is 5.62. The van der Waals surface area contributed by atoms with E-state index in [1.54, 1.807) is 13.3 Å². The Morgan fingerprint density at radius 3 is 2.79 bits per heavy atom. The predicted octanol–water partition coefficient (Wildman–Crippen LogP) is 4.56. The fourth-order valence-electron chi connectivity index (χ4n) is 4.13. The van der Waals surface area contributed by atoms with Gasteiger partial charge in [-0.1, -0.05) is 6.92 Å². The number of benzene rings is 1. The van der Waals surface area contributed by atoms with Gasteiger partial charge in [0.25, 0.3) is 5.69 Å². The molecule has 8 heteroatoms. The van der Waals surface area contributed by atoms with Gasteiger partial charge >= 0.3 is 0 Å². The number of anilines is 2. The van der Waals surface area contributed by atoms with Crippen LogP contribution in [0.1, 0.15) is 51.2 Å². The van der Waals surface area contributed by atoms with E-state index < -0.39 is 4.92 Å². The molecule has 0 aliphatic carbocycles. The van der Waals surface area contributed by atoms with Gasteiger partial charge in [-0.3, -0.25) is 15.5 Å². The van der Waals surface area contributed by atoms with Crippen molar-refractivity contribution in [2.24, 2.45) is 5.10 Å².